The second kappa shape index (κ2) is 5.63. The predicted molar refractivity (Wildman–Crippen MR) is 82.4 cm³/mol. The lowest BCUT2D eigenvalue weighted by molar-refractivity contribution is 0.102. The molecule has 104 valence electrons. The number of rotatable bonds is 2. The number of nitrogens with one attached hydrogen (secondary N) is 1. The molecule has 0 saturated carbocycles. The number of halogens is 2. The van der Waals surface area contributed by atoms with Crippen LogP contribution in [0.4, 0.5) is 15.8 Å². The van der Waals surface area contributed by atoms with E-state index in [0.717, 1.165) is 15.6 Å². The fourth-order valence-corrected chi connectivity index (χ4v) is 2.16. The van der Waals surface area contributed by atoms with E-state index in [1.165, 1.54) is 18.2 Å². The molecule has 0 unspecified atom stereocenters. The first-order valence-electron chi connectivity index (χ1n) is 6.01. The van der Waals surface area contributed by atoms with Crippen molar-refractivity contribution in [3.8, 4) is 0 Å². The summed E-state index contributed by atoms with van der Waals surface area (Å²) in [6, 6.07) is 7.56. The molecule has 0 aliphatic heterocycles. The van der Waals surface area contributed by atoms with Crippen molar-refractivity contribution in [2.45, 2.75) is 13.8 Å². The van der Waals surface area contributed by atoms with E-state index in [1.54, 1.807) is 0 Å². The number of aryl methyl sites for hydroxylation is 2. The number of carbonyl (C=O) groups excluding carboxylic acids is 1. The van der Waals surface area contributed by atoms with Crippen molar-refractivity contribution >= 4 is 33.2 Å². The van der Waals surface area contributed by atoms with Gasteiger partial charge in [-0.2, -0.15) is 0 Å². The van der Waals surface area contributed by atoms with Crippen LogP contribution in [0.5, 0.6) is 0 Å². The van der Waals surface area contributed by atoms with Crippen molar-refractivity contribution in [1.29, 1.82) is 0 Å². The molecule has 20 heavy (non-hydrogen) atoms. The Morgan fingerprint density at radius 3 is 2.40 bits per heavy atom. The van der Waals surface area contributed by atoms with Crippen LogP contribution in [0.1, 0.15) is 21.5 Å². The minimum atomic E-state index is -0.595. The Morgan fingerprint density at radius 1 is 1.20 bits per heavy atom. The second-order valence-electron chi connectivity index (χ2n) is 4.62. The number of hydrogen-bond acceptors (Lipinski definition) is 2. The Morgan fingerprint density at radius 2 is 1.80 bits per heavy atom. The Hall–Kier alpha value is -1.88. The van der Waals surface area contributed by atoms with Crippen molar-refractivity contribution in [2.24, 2.45) is 0 Å². The first-order valence-corrected chi connectivity index (χ1v) is 6.81. The molecule has 5 heteroatoms. The summed E-state index contributed by atoms with van der Waals surface area (Å²) in [5.74, 6) is -1.11. The van der Waals surface area contributed by atoms with Gasteiger partial charge in [0.25, 0.3) is 5.91 Å². The molecular formula is C15H14BrFN2O. The van der Waals surface area contributed by atoms with Crippen molar-refractivity contribution in [3.05, 3.63) is 57.3 Å². The molecule has 2 rings (SSSR count). The summed E-state index contributed by atoms with van der Waals surface area (Å²) in [5, 5.41) is 2.68. The monoisotopic (exact) mass is 336 g/mol. The summed E-state index contributed by atoms with van der Waals surface area (Å²) >= 11 is 3.46. The highest BCUT2D eigenvalue weighted by Gasteiger charge is 2.13. The average molecular weight is 337 g/mol. The van der Waals surface area contributed by atoms with Crippen molar-refractivity contribution in [2.75, 3.05) is 11.1 Å². The zero-order valence-corrected chi connectivity index (χ0v) is 12.7. The van der Waals surface area contributed by atoms with E-state index in [-0.39, 0.29) is 5.56 Å². The molecule has 0 fully saturated rings. The third-order valence-electron chi connectivity index (χ3n) is 2.93. The van der Waals surface area contributed by atoms with Gasteiger partial charge in [0, 0.05) is 15.8 Å². The zero-order valence-electron chi connectivity index (χ0n) is 11.1. The van der Waals surface area contributed by atoms with Crippen LogP contribution in [0, 0.1) is 19.7 Å². The minimum absolute atomic E-state index is 0.0665. The molecule has 0 spiro atoms. The van der Waals surface area contributed by atoms with Crippen LogP contribution in [0.3, 0.4) is 0 Å². The summed E-state index contributed by atoms with van der Waals surface area (Å²) in [5.41, 5.74) is 8.46. The fraction of sp³-hybridized carbons (Fsp3) is 0.133. The van der Waals surface area contributed by atoms with Gasteiger partial charge in [-0.25, -0.2) is 4.39 Å². The standard InChI is InChI=1S/C15H14BrFN2O/c1-8-5-11(6-9(2)14(8)16)19-15(20)12-7-10(18)3-4-13(12)17/h3-7H,18H2,1-2H3,(H,19,20). The molecule has 0 heterocycles. The van der Waals surface area contributed by atoms with E-state index in [2.05, 4.69) is 21.2 Å². The summed E-state index contributed by atoms with van der Waals surface area (Å²) in [6.45, 7) is 3.85. The van der Waals surface area contributed by atoms with Gasteiger partial charge in [-0.3, -0.25) is 4.79 Å². The van der Waals surface area contributed by atoms with Crippen LogP contribution in [0.15, 0.2) is 34.8 Å². The Labute approximate surface area is 125 Å². The Balaban J connectivity index is 2.30. The normalized spacial score (nSPS) is 10.4. The highest BCUT2D eigenvalue weighted by atomic mass is 79.9. The van der Waals surface area contributed by atoms with E-state index < -0.39 is 11.7 Å². The first kappa shape index (κ1) is 14.5. The van der Waals surface area contributed by atoms with E-state index in [0.29, 0.717) is 11.4 Å². The molecule has 0 aliphatic rings. The molecule has 0 bridgehead atoms. The topological polar surface area (TPSA) is 55.1 Å². The van der Waals surface area contributed by atoms with Gasteiger partial charge < -0.3 is 11.1 Å². The van der Waals surface area contributed by atoms with Crippen LogP contribution < -0.4 is 11.1 Å². The number of anilines is 2. The summed E-state index contributed by atoms with van der Waals surface area (Å²) < 4.78 is 14.6. The molecule has 2 aromatic rings. The lowest BCUT2D eigenvalue weighted by Gasteiger charge is -2.10. The number of nitrogen functional groups attached to an aromatic ring is 1. The smallest absolute Gasteiger partial charge is 0.258 e. The second-order valence-corrected chi connectivity index (χ2v) is 5.41. The minimum Gasteiger partial charge on any atom is -0.399 e. The lowest BCUT2D eigenvalue weighted by Crippen LogP contribution is -2.14. The maximum absolute atomic E-state index is 13.6. The third-order valence-corrected chi connectivity index (χ3v) is 4.18. The van der Waals surface area contributed by atoms with E-state index >= 15 is 0 Å². The Bertz CT molecular complexity index is 663. The van der Waals surface area contributed by atoms with Crippen LogP contribution in [0.2, 0.25) is 0 Å². The van der Waals surface area contributed by atoms with Gasteiger partial charge in [-0.1, -0.05) is 15.9 Å². The fourth-order valence-electron chi connectivity index (χ4n) is 1.93. The van der Waals surface area contributed by atoms with Crippen molar-refractivity contribution in [1.82, 2.24) is 0 Å². The molecule has 0 aliphatic carbocycles. The van der Waals surface area contributed by atoms with E-state index in [9.17, 15) is 9.18 Å². The van der Waals surface area contributed by atoms with Gasteiger partial charge in [-0.15, -0.1) is 0 Å². The molecule has 3 N–H and O–H groups in total. The molecule has 1 amide bonds. The molecule has 0 saturated heterocycles. The number of amides is 1. The molecule has 3 nitrogen and oxygen atoms in total. The number of benzene rings is 2. The summed E-state index contributed by atoms with van der Waals surface area (Å²) in [4.78, 5) is 12.1. The van der Waals surface area contributed by atoms with Crippen LogP contribution in [0.25, 0.3) is 0 Å². The van der Waals surface area contributed by atoms with Gasteiger partial charge in [0.05, 0.1) is 5.56 Å². The third kappa shape index (κ3) is 2.99. The molecule has 0 atom stereocenters. The van der Waals surface area contributed by atoms with E-state index in [1.807, 2.05) is 26.0 Å². The summed E-state index contributed by atoms with van der Waals surface area (Å²) in [6.07, 6.45) is 0. The highest BCUT2D eigenvalue weighted by Crippen LogP contribution is 2.25. The molecule has 0 aromatic heterocycles. The largest absolute Gasteiger partial charge is 0.399 e. The number of hydrogen-bond donors (Lipinski definition) is 2. The van der Waals surface area contributed by atoms with Gasteiger partial charge in [0.15, 0.2) is 0 Å². The molecule has 2 aromatic carbocycles. The van der Waals surface area contributed by atoms with Crippen molar-refractivity contribution in [3.63, 3.8) is 0 Å². The number of carbonyl (C=O) groups is 1. The van der Waals surface area contributed by atoms with Crippen LogP contribution in [-0.2, 0) is 0 Å². The van der Waals surface area contributed by atoms with Gasteiger partial charge in [-0.05, 0) is 55.3 Å². The van der Waals surface area contributed by atoms with Crippen molar-refractivity contribution < 1.29 is 9.18 Å². The summed E-state index contributed by atoms with van der Waals surface area (Å²) in [7, 11) is 0. The predicted octanol–water partition coefficient (Wildman–Crippen LogP) is 4.04. The lowest BCUT2D eigenvalue weighted by atomic mass is 10.1. The average Bonchev–Trinajstić information content (AvgIpc) is 2.38. The van der Waals surface area contributed by atoms with Crippen LogP contribution >= 0.6 is 15.9 Å². The van der Waals surface area contributed by atoms with Gasteiger partial charge >= 0.3 is 0 Å². The SMILES string of the molecule is Cc1cc(NC(=O)c2cc(N)ccc2F)cc(C)c1Br. The van der Waals surface area contributed by atoms with E-state index in [4.69, 9.17) is 5.73 Å². The first-order chi connectivity index (χ1) is 9.38. The molecule has 0 radical (unpaired) electrons. The maximum Gasteiger partial charge on any atom is 0.258 e. The van der Waals surface area contributed by atoms with Gasteiger partial charge in [0.2, 0.25) is 0 Å². The Kier molecular flexibility index (Phi) is 4.09. The molecular weight excluding hydrogens is 323 g/mol. The number of nitrogens with two attached hydrogens (primary N) is 1. The quantitative estimate of drug-likeness (QED) is 0.813. The zero-order chi connectivity index (χ0) is 14.9. The van der Waals surface area contributed by atoms with Crippen LogP contribution in [-0.4, -0.2) is 5.91 Å². The van der Waals surface area contributed by atoms with Gasteiger partial charge in [0.1, 0.15) is 5.82 Å². The maximum atomic E-state index is 13.6. The highest BCUT2D eigenvalue weighted by molar-refractivity contribution is 9.10.